The second-order valence-corrected chi connectivity index (χ2v) is 8.75. The molecule has 0 saturated carbocycles. The van der Waals surface area contributed by atoms with Crippen molar-refractivity contribution >= 4 is 10.0 Å². The van der Waals surface area contributed by atoms with Crippen LogP contribution in [0.2, 0.25) is 0 Å². The first-order valence-corrected chi connectivity index (χ1v) is 9.96. The molecule has 0 bridgehead atoms. The Kier molecular flexibility index (Phi) is 5.06. The molecule has 1 N–H and O–H groups in total. The van der Waals surface area contributed by atoms with Gasteiger partial charge in [-0.15, -0.1) is 0 Å². The summed E-state index contributed by atoms with van der Waals surface area (Å²) in [6.45, 7) is 7.56. The molecule has 1 aromatic rings. The Balaban J connectivity index is 1.62. The molecule has 6 heteroatoms. The highest BCUT2D eigenvalue weighted by molar-refractivity contribution is 7.89. The summed E-state index contributed by atoms with van der Waals surface area (Å²) < 4.78 is 32.8. The van der Waals surface area contributed by atoms with Crippen molar-refractivity contribution in [3.05, 3.63) is 30.3 Å². The highest BCUT2D eigenvalue weighted by atomic mass is 32.2. The molecule has 2 atom stereocenters. The SMILES string of the molecule is C[C@@H]1C[NH+](C2CCN(S(=O)(=O)c3ccccc3)CC2)C[C@@H](C)O1. The van der Waals surface area contributed by atoms with Crippen LogP contribution in [-0.4, -0.2) is 57.2 Å². The molecular weight excluding hydrogens is 312 g/mol. The Hall–Kier alpha value is -0.950. The molecule has 2 aliphatic heterocycles. The highest BCUT2D eigenvalue weighted by Gasteiger charge is 2.36. The van der Waals surface area contributed by atoms with E-state index in [0.29, 0.717) is 36.2 Å². The van der Waals surface area contributed by atoms with Crippen LogP contribution in [0.4, 0.5) is 0 Å². The molecule has 2 aliphatic rings. The number of hydrogen-bond acceptors (Lipinski definition) is 3. The van der Waals surface area contributed by atoms with E-state index in [1.807, 2.05) is 6.07 Å². The Morgan fingerprint density at radius 1 is 1.04 bits per heavy atom. The van der Waals surface area contributed by atoms with Gasteiger partial charge in [-0.05, 0) is 26.0 Å². The van der Waals surface area contributed by atoms with Crippen LogP contribution < -0.4 is 4.90 Å². The first-order chi connectivity index (χ1) is 11.0. The summed E-state index contributed by atoms with van der Waals surface area (Å²) in [5.41, 5.74) is 0. The van der Waals surface area contributed by atoms with Gasteiger partial charge >= 0.3 is 0 Å². The van der Waals surface area contributed by atoms with Crippen LogP contribution in [0.5, 0.6) is 0 Å². The van der Waals surface area contributed by atoms with Crippen LogP contribution in [-0.2, 0) is 14.8 Å². The van der Waals surface area contributed by atoms with E-state index in [-0.39, 0.29) is 0 Å². The summed E-state index contributed by atoms with van der Waals surface area (Å²) >= 11 is 0. The molecule has 5 nitrogen and oxygen atoms in total. The van der Waals surface area contributed by atoms with Gasteiger partial charge in [0.25, 0.3) is 0 Å². The maximum Gasteiger partial charge on any atom is 0.243 e. The van der Waals surface area contributed by atoms with E-state index in [1.54, 1.807) is 33.5 Å². The van der Waals surface area contributed by atoms with Gasteiger partial charge in [0.1, 0.15) is 25.3 Å². The van der Waals surface area contributed by atoms with Gasteiger partial charge < -0.3 is 9.64 Å². The largest absolute Gasteiger partial charge is 0.364 e. The minimum Gasteiger partial charge on any atom is -0.364 e. The summed E-state index contributed by atoms with van der Waals surface area (Å²) in [5.74, 6) is 0. The van der Waals surface area contributed by atoms with Crippen molar-refractivity contribution in [1.82, 2.24) is 4.31 Å². The fourth-order valence-corrected chi connectivity index (χ4v) is 5.38. The molecule has 0 unspecified atom stereocenters. The van der Waals surface area contributed by atoms with Crippen molar-refractivity contribution in [2.75, 3.05) is 26.2 Å². The third-order valence-corrected chi connectivity index (χ3v) is 6.89. The number of ether oxygens (including phenoxy) is 1. The number of quaternary nitrogens is 1. The maximum atomic E-state index is 12.7. The number of rotatable bonds is 3. The van der Waals surface area contributed by atoms with E-state index >= 15 is 0 Å². The van der Waals surface area contributed by atoms with Gasteiger partial charge in [-0.25, -0.2) is 8.42 Å². The van der Waals surface area contributed by atoms with Crippen LogP contribution in [0.25, 0.3) is 0 Å². The molecule has 23 heavy (non-hydrogen) atoms. The molecule has 2 saturated heterocycles. The number of nitrogens with one attached hydrogen (secondary N) is 1. The highest BCUT2D eigenvalue weighted by Crippen LogP contribution is 2.20. The summed E-state index contributed by atoms with van der Waals surface area (Å²) in [6.07, 6.45) is 2.45. The Morgan fingerprint density at radius 2 is 1.61 bits per heavy atom. The Morgan fingerprint density at radius 3 is 2.17 bits per heavy atom. The van der Waals surface area contributed by atoms with Gasteiger partial charge in [-0.1, -0.05) is 18.2 Å². The number of hydrogen-bond donors (Lipinski definition) is 1. The molecule has 2 heterocycles. The normalized spacial score (nSPS) is 31.1. The minimum atomic E-state index is -3.34. The van der Waals surface area contributed by atoms with Crippen molar-refractivity contribution in [2.24, 2.45) is 0 Å². The summed E-state index contributed by atoms with van der Waals surface area (Å²) in [6, 6.07) is 9.30. The average Bonchev–Trinajstić information content (AvgIpc) is 2.55. The predicted octanol–water partition coefficient (Wildman–Crippen LogP) is 0.532. The van der Waals surface area contributed by atoms with Crippen LogP contribution in [0.3, 0.4) is 0 Å². The van der Waals surface area contributed by atoms with E-state index < -0.39 is 10.0 Å². The maximum absolute atomic E-state index is 12.7. The second-order valence-electron chi connectivity index (χ2n) is 6.82. The lowest BCUT2D eigenvalue weighted by atomic mass is 10.0. The van der Waals surface area contributed by atoms with Gasteiger partial charge in [0.2, 0.25) is 10.0 Å². The molecule has 0 amide bonds. The van der Waals surface area contributed by atoms with Gasteiger partial charge in [0, 0.05) is 25.9 Å². The third-order valence-electron chi connectivity index (χ3n) is 4.98. The molecular formula is C17H27N2O3S+. The van der Waals surface area contributed by atoms with Gasteiger partial charge in [-0.3, -0.25) is 0 Å². The number of morpholine rings is 1. The molecule has 1 aromatic carbocycles. The topological polar surface area (TPSA) is 51.0 Å². The van der Waals surface area contributed by atoms with Crippen LogP contribution in [0.15, 0.2) is 35.2 Å². The lowest BCUT2D eigenvalue weighted by Crippen LogP contribution is -3.19. The molecule has 3 rings (SSSR count). The van der Waals surface area contributed by atoms with Gasteiger partial charge in [0.15, 0.2) is 0 Å². The Bertz CT molecular complexity index is 602. The summed E-state index contributed by atoms with van der Waals surface area (Å²) in [4.78, 5) is 1.98. The lowest BCUT2D eigenvalue weighted by molar-refractivity contribution is -0.940. The zero-order valence-corrected chi connectivity index (χ0v) is 14.8. The summed E-state index contributed by atoms with van der Waals surface area (Å²) in [5, 5.41) is 0. The standard InChI is InChI=1S/C17H26N2O3S/c1-14-12-18(13-15(2)22-14)16-8-10-19(11-9-16)23(20,21)17-6-4-3-5-7-17/h3-7,14-16H,8-13H2,1-2H3/p+1/t14-,15-/m1/s1. The van der Waals surface area contributed by atoms with Crippen LogP contribution in [0.1, 0.15) is 26.7 Å². The number of sulfonamides is 1. The molecule has 0 spiro atoms. The smallest absolute Gasteiger partial charge is 0.243 e. The monoisotopic (exact) mass is 339 g/mol. The van der Waals surface area contributed by atoms with E-state index in [4.69, 9.17) is 4.74 Å². The van der Waals surface area contributed by atoms with E-state index in [1.165, 1.54) is 0 Å². The fourth-order valence-electron chi connectivity index (χ4n) is 3.89. The second kappa shape index (κ2) is 6.89. The van der Waals surface area contributed by atoms with E-state index in [2.05, 4.69) is 13.8 Å². The molecule has 0 aromatic heterocycles. The quantitative estimate of drug-likeness (QED) is 0.874. The zero-order chi connectivity index (χ0) is 16.4. The summed E-state index contributed by atoms with van der Waals surface area (Å²) in [7, 11) is -3.34. The first-order valence-electron chi connectivity index (χ1n) is 8.52. The molecule has 0 radical (unpaired) electrons. The van der Waals surface area contributed by atoms with Crippen LogP contribution >= 0.6 is 0 Å². The fraction of sp³-hybridized carbons (Fsp3) is 0.647. The lowest BCUT2D eigenvalue weighted by Gasteiger charge is -2.40. The number of benzene rings is 1. The predicted molar refractivity (Wildman–Crippen MR) is 88.9 cm³/mol. The average molecular weight is 339 g/mol. The number of piperidine rings is 1. The number of nitrogens with zero attached hydrogens (tertiary/aromatic N) is 1. The molecule has 0 aliphatic carbocycles. The molecule has 128 valence electrons. The van der Waals surface area contributed by atoms with E-state index in [9.17, 15) is 8.42 Å². The molecule has 2 fully saturated rings. The zero-order valence-electron chi connectivity index (χ0n) is 13.9. The minimum absolute atomic E-state index is 0.292. The van der Waals surface area contributed by atoms with Gasteiger partial charge in [-0.2, -0.15) is 4.31 Å². The first kappa shape index (κ1) is 16.9. The third kappa shape index (κ3) is 3.76. The van der Waals surface area contributed by atoms with Crippen LogP contribution in [0, 0.1) is 0 Å². The van der Waals surface area contributed by atoms with Crippen molar-refractivity contribution in [1.29, 1.82) is 0 Å². The van der Waals surface area contributed by atoms with Crippen molar-refractivity contribution in [2.45, 2.75) is 49.8 Å². The van der Waals surface area contributed by atoms with Crippen molar-refractivity contribution in [3.8, 4) is 0 Å². The van der Waals surface area contributed by atoms with Crippen molar-refractivity contribution in [3.63, 3.8) is 0 Å². The van der Waals surface area contributed by atoms with E-state index in [0.717, 1.165) is 25.9 Å². The van der Waals surface area contributed by atoms with Crippen molar-refractivity contribution < 1.29 is 18.1 Å². The van der Waals surface area contributed by atoms with Gasteiger partial charge in [0.05, 0.1) is 10.9 Å². The Labute approximate surface area is 139 Å².